The Morgan fingerprint density at radius 2 is 2.33 bits per heavy atom. The zero-order valence-electron chi connectivity index (χ0n) is 12.5. The van der Waals surface area contributed by atoms with Crippen molar-refractivity contribution < 1.29 is 14.6 Å². The fourth-order valence-corrected chi connectivity index (χ4v) is 2.46. The summed E-state index contributed by atoms with van der Waals surface area (Å²) in [5, 5.41) is 11.8. The molecule has 1 heterocycles. The zero-order chi connectivity index (χ0) is 15.2. The lowest BCUT2D eigenvalue weighted by molar-refractivity contribution is 0.0907. The van der Waals surface area contributed by atoms with E-state index in [0.29, 0.717) is 23.6 Å². The average Bonchev–Trinajstić information content (AvgIpc) is 2.88. The molecule has 21 heavy (non-hydrogen) atoms. The van der Waals surface area contributed by atoms with Crippen LogP contribution in [0, 0.1) is 24.7 Å². The summed E-state index contributed by atoms with van der Waals surface area (Å²) in [6.45, 7) is 5.14. The molecule has 0 aliphatic carbocycles. The summed E-state index contributed by atoms with van der Waals surface area (Å²) < 4.78 is 5.49. The van der Waals surface area contributed by atoms with Gasteiger partial charge in [-0.25, -0.2) is 0 Å². The Morgan fingerprint density at radius 1 is 1.52 bits per heavy atom. The van der Waals surface area contributed by atoms with E-state index in [1.807, 2.05) is 26.0 Å². The normalized spacial score (nSPS) is 20.7. The minimum atomic E-state index is -0.216. The van der Waals surface area contributed by atoms with Crippen LogP contribution >= 0.6 is 0 Å². The molecule has 2 rings (SSSR count). The monoisotopic (exact) mass is 287 g/mol. The third-order valence-electron chi connectivity index (χ3n) is 3.78. The smallest absolute Gasteiger partial charge is 0.252 e. The highest BCUT2D eigenvalue weighted by Crippen LogP contribution is 2.19. The Balaban J connectivity index is 2.07. The number of carbonyl (C=O) groups excluding carboxylic acids is 1. The third kappa shape index (κ3) is 4.07. The van der Waals surface area contributed by atoms with Gasteiger partial charge in [-0.05, 0) is 38.0 Å². The molecule has 4 heteroatoms. The molecule has 1 fully saturated rings. The first-order valence-corrected chi connectivity index (χ1v) is 7.22. The second-order valence-electron chi connectivity index (χ2n) is 5.34. The molecular weight excluding hydrogens is 266 g/mol. The van der Waals surface area contributed by atoms with Gasteiger partial charge in [0.15, 0.2) is 0 Å². The van der Waals surface area contributed by atoms with Crippen LogP contribution in [0.5, 0.6) is 0 Å². The van der Waals surface area contributed by atoms with Crippen molar-refractivity contribution in [2.75, 3.05) is 19.8 Å². The highest BCUT2D eigenvalue weighted by atomic mass is 16.5. The minimum Gasteiger partial charge on any atom is -0.384 e. The Hall–Kier alpha value is -1.83. The van der Waals surface area contributed by atoms with Gasteiger partial charge in [0, 0.05) is 24.6 Å². The van der Waals surface area contributed by atoms with Crippen molar-refractivity contribution >= 4 is 5.91 Å². The lowest BCUT2D eigenvalue weighted by Gasteiger charge is -2.15. The maximum atomic E-state index is 12.3. The summed E-state index contributed by atoms with van der Waals surface area (Å²) in [6, 6.07) is 5.53. The van der Waals surface area contributed by atoms with E-state index in [-0.39, 0.29) is 18.6 Å². The highest BCUT2D eigenvalue weighted by molar-refractivity contribution is 5.96. The van der Waals surface area contributed by atoms with Crippen molar-refractivity contribution in [3.63, 3.8) is 0 Å². The number of aryl methyl sites for hydroxylation is 1. The summed E-state index contributed by atoms with van der Waals surface area (Å²) in [4.78, 5) is 12.3. The van der Waals surface area contributed by atoms with E-state index in [4.69, 9.17) is 9.84 Å². The van der Waals surface area contributed by atoms with Gasteiger partial charge in [0.25, 0.3) is 5.91 Å². The predicted molar refractivity (Wildman–Crippen MR) is 81.0 cm³/mol. The van der Waals surface area contributed by atoms with Crippen molar-refractivity contribution in [1.29, 1.82) is 0 Å². The van der Waals surface area contributed by atoms with E-state index >= 15 is 0 Å². The summed E-state index contributed by atoms with van der Waals surface area (Å²) in [5.74, 6) is 5.67. The van der Waals surface area contributed by atoms with Gasteiger partial charge in [0.1, 0.15) is 6.61 Å². The standard InChI is InChI=1S/C17H21NO3/c1-12-5-6-16(14(10-12)4-3-8-19)17(20)18-11-15-7-9-21-13(15)2/h5-6,10,13,15,19H,7-9,11H2,1-2H3,(H,18,20). The molecule has 2 atom stereocenters. The van der Waals surface area contributed by atoms with Gasteiger partial charge in [-0.15, -0.1) is 0 Å². The SMILES string of the molecule is Cc1ccc(C(=O)NCC2CCOC2C)c(C#CCO)c1. The molecule has 0 bridgehead atoms. The average molecular weight is 287 g/mol. The number of benzene rings is 1. The largest absolute Gasteiger partial charge is 0.384 e. The number of hydrogen-bond donors (Lipinski definition) is 2. The molecule has 0 radical (unpaired) electrons. The molecule has 2 N–H and O–H groups in total. The number of aliphatic hydroxyl groups excluding tert-OH is 1. The Labute approximate surface area is 125 Å². The van der Waals surface area contributed by atoms with Gasteiger partial charge in [-0.2, -0.15) is 0 Å². The lowest BCUT2D eigenvalue weighted by atomic mass is 10.0. The molecule has 1 amide bonds. The second-order valence-corrected chi connectivity index (χ2v) is 5.34. The Morgan fingerprint density at radius 3 is 3.00 bits per heavy atom. The number of hydrogen-bond acceptors (Lipinski definition) is 3. The molecule has 0 aromatic heterocycles. The number of amides is 1. The van der Waals surface area contributed by atoms with Crippen molar-refractivity contribution in [2.45, 2.75) is 26.4 Å². The van der Waals surface area contributed by atoms with Crippen molar-refractivity contribution in [1.82, 2.24) is 5.32 Å². The summed E-state index contributed by atoms with van der Waals surface area (Å²) in [6.07, 6.45) is 1.17. The van der Waals surface area contributed by atoms with Gasteiger partial charge in [0.05, 0.1) is 11.7 Å². The van der Waals surface area contributed by atoms with Crippen molar-refractivity contribution in [2.24, 2.45) is 5.92 Å². The molecule has 0 saturated carbocycles. The molecule has 2 unspecified atom stereocenters. The molecule has 1 aromatic carbocycles. The molecule has 4 nitrogen and oxygen atoms in total. The van der Waals surface area contributed by atoms with E-state index in [0.717, 1.165) is 18.6 Å². The summed E-state index contributed by atoms with van der Waals surface area (Å²) in [7, 11) is 0. The maximum Gasteiger partial charge on any atom is 0.252 e. The van der Waals surface area contributed by atoms with Gasteiger partial charge < -0.3 is 15.2 Å². The van der Waals surface area contributed by atoms with Crippen LogP contribution in [0.3, 0.4) is 0 Å². The van der Waals surface area contributed by atoms with E-state index in [1.54, 1.807) is 6.07 Å². The van der Waals surface area contributed by atoms with Crippen LogP contribution in [-0.2, 0) is 4.74 Å². The zero-order valence-corrected chi connectivity index (χ0v) is 12.5. The Bertz CT molecular complexity index is 571. The molecule has 1 saturated heterocycles. The van der Waals surface area contributed by atoms with Crippen LogP contribution in [0.4, 0.5) is 0 Å². The van der Waals surface area contributed by atoms with Gasteiger partial charge in [-0.1, -0.05) is 17.9 Å². The number of rotatable bonds is 3. The van der Waals surface area contributed by atoms with E-state index < -0.39 is 0 Å². The number of carbonyl (C=O) groups is 1. The first-order chi connectivity index (χ1) is 10.1. The maximum absolute atomic E-state index is 12.3. The highest BCUT2D eigenvalue weighted by Gasteiger charge is 2.24. The first kappa shape index (κ1) is 15.6. The number of aliphatic hydroxyl groups is 1. The van der Waals surface area contributed by atoms with E-state index in [9.17, 15) is 4.79 Å². The van der Waals surface area contributed by atoms with Crippen LogP contribution in [0.1, 0.15) is 34.8 Å². The van der Waals surface area contributed by atoms with Crippen LogP contribution in [0.2, 0.25) is 0 Å². The molecule has 112 valence electrons. The van der Waals surface area contributed by atoms with Crippen LogP contribution in [0.25, 0.3) is 0 Å². The van der Waals surface area contributed by atoms with E-state index in [2.05, 4.69) is 17.2 Å². The van der Waals surface area contributed by atoms with Gasteiger partial charge in [-0.3, -0.25) is 4.79 Å². The van der Waals surface area contributed by atoms with Crippen LogP contribution < -0.4 is 5.32 Å². The topological polar surface area (TPSA) is 58.6 Å². The van der Waals surface area contributed by atoms with Crippen LogP contribution in [-0.4, -0.2) is 36.9 Å². The fraction of sp³-hybridized carbons (Fsp3) is 0.471. The van der Waals surface area contributed by atoms with Gasteiger partial charge in [0.2, 0.25) is 0 Å². The number of ether oxygens (including phenoxy) is 1. The molecule has 1 aliphatic rings. The fourth-order valence-electron chi connectivity index (χ4n) is 2.46. The summed E-state index contributed by atoms with van der Waals surface area (Å²) in [5.41, 5.74) is 2.23. The lowest BCUT2D eigenvalue weighted by Crippen LogP contribution is -2.32. The second kappa shape index (κ2) is 7.26. The molecular formula is C17H21NO3. The number of nitrogens with one attached hydrogen (secondary N) is 1. The van der Waals surface area contributed by atoms with E-state index in [1.165, 1.54) is 0 Å². The van der Waals surface area contributed by atoms with Crippen molar-refractivity contribution in [3.05, 3.63) is 34.9 Å². The predicted octanol–water partition coefficient (Wildman–Crippen LogP) is 1.49. The summed E-state index contributed by atoms with van der Waals surface area (Å²) >= 11 is 0. The van der Waals surface area contributed by atoms with Gasteiger partial charge >= 0.3 is 0 Å². The van der Waals surface area contributed by atoms with Crippen LogP contribution in [0.15, 0.2) is 18.2 Å². The quantitative estimate of drug-likeness (QED) is 0.828. The molecule has 1 aromatic rings. The van der Waals surface area contributed by atoms with Crippen molar-refractivity contribution in [3.8, 4) is 11.8 Å². The Kier molecular flexibility index (Phi) is 5.38. The molecule has 0 spiro atoms. The molecule has 1 aliphatic heterocycles. The first-order valence-electron chi connectivity index (χ1n) is 7.22. The third-order valence-corrected chi connectivity index (χ3v) is 3.78. The minimum absolute atomic E-state index is 0.128.